The summed E-state index contributed by atoms with van der Waals surface area (Å²) in [6.45, 7) is 3.71. The van der Waals surface area contributed by atoms with Crippen LogP contribution < -0.4 is 5.32 Å². The first-order valence-electron chi connectivity index (χ1n) is 8.67. The average Bonchev–Trinajstić information content (AvgIpc) is 2.61. The Morgan fingerprint density at radius 1 is 1.12 bits per heavy atom. The van der Waals surface area contributed by atoms with Crippen molar-refractivity contribution in [1.29, 1.82) is 0 Å². The van der Waals surface area contributed by atoms with Crippen LogP contribution in [0.3, 0.4) is 0 Å². The van der Waals surface area contributed by atoms with Gasteiger partial charge < -0.3 is 10.1 Å². The van der Waals surface area contributed by atoms with Gasteiger partial charge in [-0.3, -0.25) is 9.69 Å². The summed E-state index contributed by atoms with van der Waals surface area (Å²) in [6.07, 6.45) is 5.19. The van der Waals surface area contributed by atoms with Crippen molar-refractivity contribution in [3.63, 3.8) is 0 Å². The van der Waals surface area contributed by atoms with Crippen LogP contribution in [0.25, 0.3) is 0 Å². The fourth-order valence-corrected chi connectivity index (χ4v) is 3.77. The molecular weight excluding hydrogens is 314 g/mol. The van der Waals surface area contributed by atoms with Gasteiger partial charge in [-0.25, -0.2) is 8.78 Å². The van der Waals surface area contributed by atoms with E-state index in [9.17, 15) is 13.6 Å². The van der Waals surface area contributed by atoms with Crippen molar-refractivity contribution in [1.82, 2.24) is 10.2 Å². The fourth-order valence-electron chi connectivity index (χ4n) is 3.77. The lowest BCUT2D eigenvalue weighted by Gasteiger charge is -2.48. The van der Waals surface area contributed by atoms with Crippen LogP contribution in [0.4, 0.5) is 8.78 Å². The van der Waals surface area contributed by atoms with Crippen molar-refractivity contribution in [2.45, 2.75) is 37.6 Å². The van der Waals surface area contributed by atoms with Gasteiger partial charge in [0.05, 0.1) is 0 Å². The Kier molecular flexibility index (Phi) is 5.46. The summed E-state index contributed by atoms with van der Waals surface area (Å²) in [4.78, 5) is 14.7. The number of rotatable bonds is 4. The smallest absolute Gasteiger partial charge is 0.257 e. The molecule has 4 nitrogen and oxygen atoms in total. The number of halogens is 2. The molecule has 1 N–H and O–H groups in total. The monoisotopic (exact) mass is 338 g/mol. The zero-order valence-electron chi connectivity index (χ0n) is 13.8. The summed E-state index contributed by atoms with van der Waals surface area (Å²) < 4.78 is 33.1. The van der Waals surface area contributed by atoms with E-state index in [1.807, 2.05) is 0 Å². The van der Waals surface area contributed by atoms with Crippen LogP contribution in [0, 0.1) is 11.6 Å². The number of hydrogen-bond acceptors (Lipinski definition) is 3. The molecule has 0 aromatic heterocycles. The zero-order chi connectivity index (χ0) is 17.0. The zero-order valence-corrected chi connectivity index (χ0v) is 13.8. The second-order valence-electron chi connectivity index (χ2n) is 6.66. The molecule has 2 aliphatic rings. The SMILES string of the molecule is O=C(NCC1(N2CCCCC2)CCOCC1)c1c(F)cccc1F. The van der Waals surface area contributed by atoms with Crippen LogP contribution in [-0.2, 0) is 4.74 Å². The van der Waals surface area contributed by atoms with Gasteiger partial charge in [-0.05, 0) is 50.9 Å². The summed E-state index contributed by atoms with van der Waals surface area (Å²) in [5, 5.41) is 2.77. The molecule has 0 radical (unpaired) electrons. The highest BCUT2D eigenvalue weighted by Crippen LogP contribution is 2.30. The Morgan fingerprint density at radius 3 is 2.38 bits per heavy atom. The topological polar surface area (TPSA) is 41.6 Å². The number of carbonyl (C=O) groups is 1. The van der Waals surface area contributed by atoms with Gasteiger partial charge in [0.25, 0.3) is 5.91 Å². The Bertz CT molecular complexity index is 562. The number of likely N-dealkylation sites (tertiary alicyclic amines) is 1. The van der Waals surface area contributed by atoms with Gasteiger partial charge in [-0.15, -0.1) is 0 Å². The lowest BCUT2D eigenvalue weighted by Crippen LogP contribution is -2.59. The number of ether oxygens (including phenoxy) is 1. The minimum absolute atomic E-state index is 0.171. The van der Waals surface area contributed by atoms with Crippen molar-refractivity contribution in [2.75, 3.05) is 32.8 Å². The normalized spacial score (nSPS) is 21.4. The number of nitrogens with zero attached hydrogens (tertiary/aromatic N) is 1. The standard InChI is InChI=1S/C18H24F2N2O2/c19-14-5-4-6-15(20)16(14)17(23)21-13-18(7-11-24-12-8-18)22-9-2-1-3-10-22/h4-6H,1-3,7-13H2,(H,21,23). The van der Waals surface area contributed by atoms with Gasteiger partial charge in [-0.1, -0.05) is 12.5 Å². The summed E-state index contributed by atoms with van der Waals surface area (Å²) in [5.41, 5.74) is -0.672. The maximum atomic E-state index is 13.8. The first kappa shape index (κ1) is 17.3. The van der Waals surface area contributed by atoms with Crippen LogP contribution in [0.15, 0.2) is 18.2 Å². The van der Waals surface area contributed by atoms with Crippen molar-refractivity contribution < 1.29 is 18.3 Å². The first-order valence-corrected chi connectivity index (χ1v) is 8.67. The van der Waals surface area contributed by atoms with Gasteiger partial charge in [0, 0.05) is 25.3 Å². The largest absolute Gasteiger partial charge is 0.381 e. The lowest BCUT2D eigenvalue weighted by atomic mass is 9.86. The molecule has 0 aliphatic carbocycles. The molecule has 0 unspecified atom stereocenters. The predicted molar refractivity (Wildman–Crippen MR) is 86.9 cm³/mol. The molecule has 2 fully saturated rings. The summed E-state index contributed by atoms with van der Waals surface area (Å²) in [7, 11) is 0. The van der Waals surface area contributed by atoms with Crippen LogP contribution in [0.1, 0.15) is 42.5 Å². The van der Waals surface area contributed by atoms with E-state index in [2.05, 4.69) is 10.2 Å². The number of hydrogen-bond donors (Lipinski definition) is 1. The van der Waals surface area contributed by atoms with E-state index >= 15 is 0 Å². The molecular formula is C18H24F2N2O2. The highest BCUT2D eigenvalue weighted by Gasteiger charge is 2.39. The maximum absolute atomic E-state index is 13.8. The molecule has 0 atom stereocenters. The van der Waals surface area contributed by atoms with Crippen LogP contribution in [0.2, 0.25) is 0 Å². The van der Waals surface area contributed by atoms with E-state index in [1.165, 1.54) is 12.5 Å². The van der Waals surface area contributed by atoms with E-state index in [-0.39, 0.29) is 5.54 Å². The third-order valence-corrected chi connectivity index (χ3v) is 5.22. The molecule has 0 saturated carbocycles. The molecule has 2 aliphatic heterocycles. The Balaban J connectivity index is 1.72. The average molecular weight is 338 g/mol. The first-order chi connectivity index (χ1) is 11.6. The van der Waals surface area contributed by atoms with Gasteiger partial charge in [0.15, 0.2) is 0 Å². The molecule has 3 rings (SSSR count). The van der Waals surface area contributed by atoms with Gasteiger partial charge >= 0.3 is 0 Å². The highest BCUT2D eigenvalue weighted by atomic mass is 19.1. The number of nitrogens with one attached hydrogen (secondary N) is 1. The van der Waals surface area contributed by atoms with Crippen molar-refractivity contribution in [3.05, 3.63) is 35.4 Å². The number of piperidine rings is 1. The van der Waals surface area contributed by atoms with Crippen molar-refractivity contribution >= 4 is 5.91 Å². The molecule has 1 aromatic rings. The molecule has 24 heavy (non-hydrogen) atoms. The minimum Gasteiger partial charge on any atom is -0.381 e. The predicted octanol–water partition coefficient (Wildman–Crippen LogP) is 2.73. The van der Waals surface area contributed by atoms with Gasteiger partial charge in [0.1, 0.15) is 17.2 Å². The van der Waals surface area contributed by atoms with Gasteiger partial charge in [0.2, 0.25) is 0 Å². The quantitative estimate of drug-likeness (QED) is 0.918. The molecule has 2 heterocycles. The Hall–Kier alpha value is -1.53. The van der Waals surface area contributed by atoms with E-state index < -0.39 is 23.1 Å². The van der Waals surface area contributed by atoms with E-state index in [0.29, 0.717) is 19.8 Å². The fraction of sp³-hybridized carbons (Fsp3) is 0.611. The van der Waals surface area contributed by atoms with Crippen LogP contribution in [-0.4, -0.2) is 49.2 Å². The van der Waals surface area contributed by atoms with E-state index in [4.69, 9.17) is 4.74 Å². The highest BCUT2D eigenvalue weighted by molar-refractivity contribution is 5.94. The molecule has 2 saturated heterocycles. The van der Waals surface area contributed by atoms with Crippen molar-refractivity contribution in [3.8, 4) is 0 Å². The molecule has 0 spiro atoms. The molecule has 1 amide bonds. The van der Waals surface area contributed by atoms with Crippen LogP contribution in [0.5, 0.6) is 0 Å². The molecule has 0 bridgehead atoms. The number of amides is 1. The summed E-state index contributed by atoms with van der Waals surface area (Å²) in [5.74, 6) is -2.34. The summed E-state index contributed by atoms with van der Waals surface area (Å²) >= 11 is 0. The van der Waals surface area contributed by atoms with Crippen LogP contribution >= 0.6 is 0 Å². The van der Waals surface area contributed by atoms with Gasteiger partial charge in [-0.2, -0.15) is 0 Å². The third-order valence-electron chi connectivity index (χ3n) is 5.22. The number of benzene rings is 1. The molecule has 132 valence electrons. The molecule has 6 heteroatoms. The lowest BCUT2D eigenvalue weighted by molar-refractivity contribution is -0.0349. The second kappa shape index (κ2) is 7.57. The maximum Gasteiger partial charge on any atom is 0.257 e. The Labute approximate surface area is 141 Å². The van der Waals surface area contributed by atoms with E-state index in [1.54, 1.807) is 0 Å². The van der Waals surface area contributed by atoms with E-state index in [0.717, 1.165) is 50.9 Å². The number of carbonyl (C=O) groups excluding carboxylic acids is 1. The summed E-state index contributed by atoms with van der Waals surface area (Å²) in [6, 6.07) is 3.47. The Morgan fingerprint density at radius 2 is 1.75 bits per heavy atom. The third kappa shape index (κ3) is 3.59. The molecule has 1 aromatic carbocycles. The van der Waals surface area contributed by atoms with Crippen molar-refractivity contribution in [2.24, 2.45) is 0 Å². The second-order valence-corrected chi connectivity index (χ2v) is 6.66. The minimum atomic E-state index is -0.827.